The number of nitrogens with one attached hydrogen (secondary N) is 1. The van der Waals surface area contributed by atoms with Crippen molar-refractivity contribution in [2.45, 2.75) is 418 Å². The number of phosphoric ester groups is 1. The zero-order valence-electron chi connectivity index (χ0n) is 58.1. The molecule has 0 aliphatic carbocycles. The highest BCUT2D eigenvalue weighted by molar-refractivity contribution is 7.45. The fraction of sp³-hybridized carbons (Fsp3) is 0.947. The van der Waals surface area contributed by atoms with Crippen LogP contribution in [0.5, 0.6) is 0 Å². The number of hydrogen-bond donors (Lipinski definition) is 1. The maximum absolute atomic E-state index is 13.6. The van der Waals surface area contributed by atoms with E-state index in [2.05, 4.69) is 26.1 Å². The predicted molar refractivity (Wildman–Crippen MR) is 367 cm³/mol. The van der Waals surface area contributed by atoms with Crippen molar-refractivity contribution in [2.24, 2.45) is 0 Å². The van der Waals surface area contributed by atoms with Crippen LogP contribution >= 0.6 is 7.82 Å². The van der Waals surface area contributed by atoms with E-state index in [1.165, 1.54) is 315 Å². The Hall–Kier alpha value is -1.25. The number of carbonyl (C=O) groups excluding carboxylic acids is 2. The van der Waals surface area contributed by atoms with Gasteiger partial charge in [-0.3, -0.25) is 14.2 Å². The summed E-state index contributed by atoms with van der Waals surface area (Å²) in [6, 6.07) is -0.881. The lowest BCUT2D eigenvalue weighted by Gasteiger charge is -2.30. The van der Waals surface area contributed by atoms with Gasteiger partial charge in [-0.15, -0.1) is 0 Å². The highest BCUT2D eigenvalue weighted by atomic mass is 31.2. The van der Waals surface area contributed by atoms with E-state index >= 15 is 0 Å². The van der Waals surface area contributed by atoms with Gasteiger partial charge in [0.1, 0.15) is 19.3 Å². The summed E-state index contributed by atoms with van der Waals surface area (Å²) in [5.74, 6) is -0.510. The number of likely N-dealkylation sites (N-methyl/N-ethyl adjacent to an activating group) is 1. The van der Waals surface area contributed by atoms with Gasteiger partial charge in [-0.05, 0) is 31.8 Å². The molecular weight excluding hydrogens is 1070 g/mol. The van der Waals surface area contributed by atoms with E-state index in [9.17, 15) is 19.0 Å². The Balaban J connectivity index is 4.95. The highest BCUT2D eigenvalue weighted by Crippen LogP contribution is 2.38. The quantitative estimate of drug-likeness (QED) is 0.0212. The topological polar surface area (TPSA) is 114 Å². The van der Waals surface area contributed by atoms with Crippen molar-refractivity contribution in [1.29, 1.82) is 0 Å². The lowest BCUT2D eigenvalue weighted by atomic mass is 10.0. The number of allylic oxidation sites excluding steroid dienone is 1. The molecule has 0 spiro atoms. The minimum Gasteiger partial charge on any atom is -0.756 e. The molecule has 0 rings (SSSR count). The molecule has 0 aromatic rings. The van der Waals surface area contributed by atoms with Crippen molar-refractivity contribution in [3.8, 4) is 0 Å². The number of phosphoric acid groups is 1. The molecule has 0 saturated carbocycles. The molecule has 1 N–H and O–H groups in total. The molecule has 10 heteroatoms. The van der Waals surface area contributed by atoms with Crippen LogP contribution in [0.2, 0.25) is 0 Å². The first-order chi connectivity index (χ1) is 41.4. The van der Waals surface area contributed by atoms with Crippen LogP contribution in [-0.4, -0.2) is 69.4 Å². The van der Waals surface area contributed by atoms with Gasteiger partial charge in [0.25, 0.3) is 7.82 Å². The molecule has 0 aliphatic rings. The van der Waals surface area contributed by atoms with E-state index in [1.54, 1.807) is 0 Å². The zero-order valence-corrected chi connectivity index (χ0v) is 59.0. The molecule has 0 heterocycles. The molecule has 0 aliphatic heterocycles. The summed E-state index contributed by atoms with van der Waals surface area (Å²) in [5.41, 5.74) is 0. The molecule has 0 fully saturated rings. The van der Waals surface area contributed by atoms with Gasteiger partial charge >= 0.3 is 5.97 Å². The highest BCUT2D eigenvalue weighted by Gasteiger charge is 2.27. The summed E-state index contributed by atoms with van der Waals surface area (Å²) in [6.07, 6.45) is 79.2. The predicted octanol–water partition coefficient (Wildman–Crippen LogP) is 23.6. The van der Waals surface area contributed by atoms with Crippen molar-refractivity contribution in [3.63, 3.8) is 0 Å². The number of ether oxygens (including phenoxy) is 1. The SMILES string of the molecule is CCCCCCCCCCCCC/C=C\C(OC(=O)CCCCCCCCCCCCCCCCCCCCC)C(COP(=O)([O-])OCC[N+](C)(C)C)NC(=O)CCCCCCCCCCCCCCCCCCCCCCCCCCCCC. The molecule has 9 nitrogen and oxygen atoms in total. The smallest absolute Gasteiger partial charge is 0.306 e. The monoisotopic (exact) mass is 1220 g/mol. The molecule has 0 radical (unpaired) electrons. The second-order valence-electron chi connectivity index (χ2n) is 27.5. The fourth-order valence-electron chi connectivity index (χ4n) is 11.9. The molecule has 0 saturated heterocycles. The van der Waals surface area contributed by atoms with Gasteiger partial charge in [-0.2, -0.15) is 0 Å². The van der Waals surface area contributed by atoms with Crippen LogP contribution in [0.1, 0.15) is 406 Å². The largest absolute Gasteiger partial charge is 0.756 e. The second kappa shape index (κ2) is 65.7. The summed E-state index contributed by atoms with van der Waals surface area (Å²) in [6.45, 7) is 6.94. The molecule has 0 aromatic carbocycles. The van der Waals surface area contributed by atoms with E-state index in [-0.39, 0.29) is 31.5 Å². The average molecular weight is 1220 g/mol. The number of unbranched alkanes of at least 4 members (excludes halogenated alkanes) is 55. The van der Waals surface area contributed by atoms with Gasteiger partial charge in [0.15, 0.2) is 0 Å². The lowest BCUT2D eigenvalue weighted by Crippen LogP contribution is -2.47. The summed E-state index contributed by atoms with van der Waals surface area (Å²) in [5, 5.41) is 3.06. The van der Waals surface area contributed by atoms with Gasteiger partial charge < -0.3 is 28.5 Å². The van der Waals surface area contributed by atoms with E-state index in [0.717, 1.165) is 57.8 Å². The minimum atomic E-state index is -4.70. The number of amides is 1. The summed E-state index contributed by atoms with van der Waals surface area (Å²) < 4.78 is 30.5. The average Bonchev–Trinajstić information content (AvgIpc) is 3.52. The van der Waals surface area contributed by atoms with Crippen LogP contribution in [0.15, 0.2) is 12.2 Å². The van der Waals surface area contributed by atoms with Gasteiger partial charge in [-0.1, -0.05) is 374 Å². The Labute approximate surface area is 531 Å². The van der Waals surface area contributed by atoms with E-state index in [1.807, 2.05) is 33.3 Å². The second-order valence-corrected chi connectivity index (χ2v) is 28.9. The van der Waals surface area contributed by atoms with E-state index in [0.29, 0.717) is 17.4 Å². The Kier molecular flexibility index (Phi) is 64.7. The molecule has 1 amide bonds. The van der Waals surface area contributed by atoms with E-state index < -0.39 is 20.0 Å². The third-order valence-electron chi connectivity index (χ3n) is 17.7. The van der Waals surface area contributed by atoms with Crippen LogP contribution < -0.4 is 10.2 Å². The number of hydrogen-bond acceptors (Lipinski definition) is 7. The molecule has 3 unspecified atom stereocenters. The molecule has 0 bridgehead atoms. The molecular formula is C75H149N2O7P. The Morgan fingerprint density at radius 2 is 0.671 bits per heavy atom. The van der Waals surface area contributed by atoms with Crippen molar-refractivity contribution >= 4 is 19.7 Å². The summed E-state index contributed by atoms with van der Waals surface area (Å²) in [7, 11) is 1.22. The number of rotatable bonds is 71. The first-order valence-electron chi connectivity index (χ1n) is 38.0. The first-order valence-corrected chi connectivity index (χ1v) is 39.5. The third kappa shape index (κ3) is 67.0. The van der Waals surface area contributed by atoms with Crippen LogP contribution in [0.4, 0.5) is 0 Å². The van der Waals surface area contributed by atoms with Crippen molar-refractivity contribution in [2.75, 3.05) is 40.9 Å². The molecule has 85 heavy (non-hydrogen) atoms. The van der Waals surface area contributed by atoms with Crippen LogP contribution in [-0.2, 0) is 27.9 Å². The van der Waals surface area contributed by atoms with Crippen molar-refractivity contribution < 1.29 is 37.3 Å². The number of nitrogens with zero attached hydrogens (tertiary/aromatic N) is 1. The first kappa shape index (κ1) is 83.8. The van der Waals surface area contributed by atoms with Crippen molar-refractivity contribution in [1.82, 2.24) is 5.32 Å². The minimum absolute atomic E-state index is 0.0162. The van der Waals surface area contributed by atoms with Crippen LogP contribution in [0, 0.1) is 0 Å². The van der Waals surface area contributed by atoms with E-state index in [4.69, 9.17) is 13.8 Å². The van der Waals surface area contributed by atoms with Crippen LogP contribution in [0.25, 0.3) is 0 Å². The van der Waals surface area contributed by atoms with Gasteiger partial charge in [0.2, 0.25) is 5.91 Å². The van der Waals surface area contributed by atoms with Gasteiger partial charge in [0, 0.05) is 12.8 Å². The van der Waals surface area contributed by atoms with Crippen LogP contribution in [0.3, 0.4) is 0 Å². The standard InChI is InChI=1S/C75H149N2O7P/c1-7-10-13-16-19-22-25-28-30-32-34-35-36-37-38-39-40-41-43-44-46-49-52-55-58-61-64-67-74(78)76-72(71-83-85(80,81)82-70-69-77(4,5)6)73(66-63-60-57-54-51-48-27-24-21-18-15-12-9-3)84-75(79)68-65-62-59-56-53-50-47-45-42-33-31-29-26-23-20-17-14-11-8-2/h63,66,72-73H,7-62,64-65,67-71H2,1-6H3,(H-,76,78,80,81)/b66-63-. The van der Waals surface area contributed by atoms with Crippen molar-refractivity contribution in [3.05, 3.63) is 12.2 Å². The Morgan fingerprint density at radius 1 is 0.400 bits per heavy atom. The summed E-state index contributed by atoms with van der Waals surface area (Å²) >= 11 is 0. The molecule has 506 valence electrons. The summed E-state index contributed by atoms with van der Waals surface area (Å²) in [4.78, 5) is 40.3. The normalized spacial score (nSPS) is 13.4. The zero-order chi connectivity index (χ0) is 62.1. The lowest BCUT2D eigenvalue weighted by molar-refractivity contribution is -0.870. The number of carbonyl (C=O) groups is 2. The Morgan fingerprint density at radius 3 is 0.965 bits per heavy atom. The molecule has 0 aromatic heterocycles. The van der Waals surface area contributed by atoms with Gasteiger partial charge in [0.05, 0.1) is 33.8 Å². The maximum atomic E-state index is 13.6. The Bertz CT molecular complexity index is 1450. The third-order valence-corrected chi connectivity index (χ3v) is 18.7. The maximum Gasteiger partial charge on any atom is 0.306 e. The number of esters is 1. The molecule has 3 atom stereocenters. The fourth-order valence-corrected chi connectivity index (χ4v) is 12.6. The number of quaternary nitrogens is 1. The van der Waals surface area contributed by atoms with Gasteiger partial charge in [-0.25, -0.2) is 0 Å².